The fraction of sp³-hybridized carbons (Fsp3) is 0.188. The number of hydrogen-bond donors (Lipinski definition) is 1. The third-order valence-electron chi connectivity index (χ3n) is 3.50. The molecule has 0 atom stereocenters. The van der Waals surface area contributed by atoms with Crippen LogP contribution < -0.4 is 5.73 Å². The summed E-state index contributed by atoms with van der Waals surface area (Å²) in [6.07, 6.45) is 0. The number of aryl methyl sites for hydroxylation is 1. The maximum atomic E-state index is 12.5. The van der Waals surface area contributed by atoms with Crippen molar-refractivity contribution < 1.29 is 13.2 Å². The molecule has 6 heteroatoms. The second-order valence-corrected chi connectivity index (χ2v) is 7.12. The first-order valence-electron chi connectivity index (χ1n) is 6.73. The Kier molecular flexibility index (Phi) is 4.63. The molecule has 0 aromatic heterocycles. The van der Waals surface area contributed by atoms with Crippen molar-refractivity contribution in [2.24, 2.45) is 5.73 Å². The van der Waals surface area contributed by atoms with E-state index in [0.29, 0.717) is 0 Å². The van der Waals surface area contributed by atoms with Gasteiger partial charge >= 0.3 is 0 Å². The highest BCUT2D eigenvalue weighted by atomic mass is 32.2. The van der Waals surface area contributed by atoms with Gasteiger partial charge in [0.2, 0.25) is 15.9 Å². The Morgan fingerprint density at radius 1 is 1.09 bits per heavy atom. The van der Waals surface area contributed by atoms with E-state index in [0.717, 1.165) is 11.1 Å². The first-order valence-corrected chi connectivity index (χ1v) is 8.17. The Labute approximate surface area is 130 Å². The molecule has 0 aliphatic heterocycles. The van der Waals surface area contributed by atoms with Crippen LogP contribution in [0.2, 0.25) is 0 Å². The molecule has 2 aromatic rings. The van der Waals surface area contributed by atoms with Gasteiger partial charge in [0.1, 0.15) is 0 Å². The molecule has 0 aliphatic carbocycles. The quantitative estimate of drug-likeness (QED) is 0.914. The molecule has 116 valence electrons. The molecule has 0 unspecified atom stereocenters. The minimum Gasteiger partial charge on any atom is -0.366 e. The Morgan fingerprint density at radius 2 is 1.68 bits per heavy atom. The first kappa shape index (κ1) is 16.2. The fourth-order valence-electron chi connectivity index (χ4n) is 2.08. The van der Waals surface area contributed by atoms with Crippen LogP contribution in [0.25, 0.3) is 0 Å². The Morgan fingerprint density at radius 3 is 2.23 bits per heavy atom. The van der Waals surface area contributed by atoms with Crippen LogP contribution in [0.3, 0.4) is 0 Å². The van der Waals surface area contributed by atoms with E-state index in [-0.39, 0.29) is 17.0 Å². The van der Waals surface area contributed by atoms with E-state index >= 15 is 0 Å². The van der Waals surface area contributed by atoms with Crippen molar-refractivity contribution in [3.8, 4) is 0 Å². The van der Waals surface area contributed by atoms with Crippen LogP contribution in [0.4, 0.5) is 0 Å². The van der Waals surface area contributed by atoms with Gasteiger partial charge in [-0.05, 0) is 42.3 Å². The van der Waals surface area contributed by atoms with E-state index in [9.17, 15) is 13.2 Å². The average molecular weight is 318 g/mol. The van der Waals surface area contributed by atoms with E-state index in [1.165, 1.54) is 35.6 Å². The molecule has 1 amide bonds. The normalized spacial score (nSPS) is 11.6. The number of benzene rings is 2. The summed E-state index contributed by atoms with van der Waals surface area (Å²) in [6, 6.07) is 13.2. The highest BCUT2D eigenvalue weighted by molar-refractivity contribution is 7.89. The van der Waals surface area contributed by atoms with Gasteiger partial charge in [-0.25, -0.2) is 8.42 Å². The van der Waals surface area contributed by atoms with Gasteiger partial charge in [0.15, 0.2) is 0 Å². The second-order valence-electron chi connectivity index (χ2n) is 5.08. The zero-order valence-corrected chi connectivity index (χ0v) is 13.3. The second kappa shape index (κ2) is 6.29. The molecule has 2 rings (SSSR count). The number of rotatable bonds is 5. The fourth-order valence-corrected chi connectivity index (χ4v) is 3.23. The molecule has 2 N–H and O–H groups in total. The Hall–Kier alpha value is -2.18. The van der Waals surface area contributed by atoms with Crippen LogP contribution in [0.5, 0.6) is 0 Å². The summed E-state index contributed by atoms with van der Waals surface area (Å²) in [5.41, 5.74) is 7.41. The number of carbonyl (C=O) groups is 1. The Balaban J connectivity index is 2.26. The summed E-state index contributed by atoms with van der Waals surface area (Å²) < 4.78 is 26.4. The van der Waals surface area contributed by atoms with Crippen LogP contribution in [0.15, 0.2) is 53.4 Å². The Bertz CT molecular complexity index is 783. The zero-order valence-electron chi connectivity index (χ0n) is 12.5. The van der Waals surface area contributed by atoms with Crippen molar-refractivity contribution >= 4 is 15.9 Å². The smallest absolute Gasteiger partial charge is 0.248 e. The highest BCUT2D eigenvalue weighted by Crippen LogP contribution is 2.18. The third kappa shape index (κ3) is 3.35. The van der Waals surface area contributed by atoms with Gasteiger partial charge in [-0.1, -0.05) is 24.3 Å². The van der Waals surface area contributed by atoms with Crippen molar-refractivity contribution in [1.29, 1.82) is 0 Å². The van der Waals surface area contributed by atoms with E-state index in [4.69, 9.17) is 5.73 Å². The third-order valence-corrected chi connectivity index (χ3v) is 5.32. The molecule has 0 aliphatic rings. The predicted octanol–water partition coefficient (Wildman–Crippen LogP) is 1.91. The molecule has 0 saturated heterocycles. The van der Waals surface area contributed by atoms with Crippen LogP contribution in [-0.2, 0) is 16.6 Å². The number of sulfonamides is 1. The molecule has 0 bridgehead atoms. The van der Waals surface area contributed by atoms with Crippen molar-refractivity contribution in [3.05, 3.63) is 65.2 Å². The van der Waals surface area contributed by atoms with Crippen molar-refractivity contribution in [2.75, 3.05) is 7.05 Å². The molecule has 0 radical (unpaired) electrons. The number of nitrogens with zero attached hydrogens (tertiary/aromatic N) is 1. The van der Waals surface area contributed by atoms with Crippen LogP contribution >= 0.6 is 0 Å². The van der Waals surface area contributed by atoms with Gasteiger partial charge in [0, 0.05) is 19.2 Å². The van der Waals surface area contributed by atoms with Gasteiger partial charge in [0.25, 0.3) is 0 Å². The molecular weight excluding hydrogens is 300 g/mol. The molecular formula is C16H18N2O3S. The summed E-state index contributed by atoms with van der Waals surface area (Å²) in [5.74, 6) is -0.586. The van der Waals surface area contributed by atoms with Crippen molar-refractivity contribution in [1.82, 2.24) is 4.31 Å². The maximum absolute atomic E-state index is 12.5. The predicted molar refractivity (Wildman–Crippen MR) is 84.8 cm³/mol. The number of nitrogens with two attached hydrogens (primary N) is 1. The van der Waals surface area contributed by atoms with Crippen LogP contribution in [0, 0.1) is 6.92 Å². The minimum atomic E-state index is -3.62. The van der Waals surface area contributed by atoms with Crippen molar-refractivity contribution in [2.45, 2.75) is 18.4 Å². The summed E-state index contributed by atoms with van der Waals surface area (Å²) in [4.78, 5) is 11.2. The lowest BCUT2D eigenvalue weighted by molar-refractivity contribution is 0.1000. The van der Waals surface area contributed by atoms with Gasteiger partial charge in [-0.2, -0.15) is 4.31 Å². The zero-order chi connectivity index (χ0) is 16.3. The summed E-state index contributed by atoms with van der Waals surface area (Å²) in [7, 11) is -2.08. The van der Waals surface area contributed by atoms with Gasteiger partial charge in [-0.15, -0.1) is 0 Å². The lowest BCUT2D eigenvalue weighted by atomic mass is 10.1. The maximum Gasteiger partial charge on any atom is 0.248 e. The molecule has 22 heavy (non-hydrogen) atoms. The largest absolute Gasteiger partial charge is 0.366 e. The van der Waals surface area contributed by atoms with Gasteiger partial charge < -0.3 is 5.73 Å². The lowest BCUT2D eigenvalue weighted by Gasteiger charge is -2.18. The van der Waals surface area contributed by atoms with E-state index in [1.54, 1.807) is 0 Å². The topological polar surface area (TPSA) is 80.5 Å². The monoisotopic (exact) mass is 318 g/mol. The van der Waals surface area contributed by atoms with Gasteiger partial charge in [-0.3, -0.25) is 4.79 Å². The summed E-state index contributed by atoms with van der Waals surface area (Å²) in [5, 5.41) is 0. The van der Waals surface area contributed by atoms with Crippen molar-refractivity contribution in [3.63, 3.8) is 0 Å². The molecule has 5 nitrogen and oxygen atoms in total. The summed E-state index contributed by atoms with van der Waals surface area (Å²) in [6.45, 7) is 2.23. The number of amides is 1. The first-order chi connectivity index (χ1) is 10.3. The van der Waals surface area contributed by atoms with E-state index < -0.39 is 15.9 Å². The molecule has 0 heterocycles. The standard InChI is InChI=1S/C16H18N2O3S/c1-12-5-3-4-6-14(12)11-18(2)22(20,21)15-9-7-13(8-10-15)16(17)19/h3-10H,11H2,1-2H3,(H2,17,19). The van der Waals surface area contributed by atoms with Crippen LogP contribution in [-0.4, -0.2) is 25.7 Å². The molecule has 2 aromatic carbocycles. The number of carbonyl (C=O) groups excluding carboxylic acids is 1. The van der Waals surface area contributed by atoms with Gasteiger partial charge in [0.05, 0.1) is 4.90 Å². The lowest BCUT2D eigenvalue weighted by Crippen LogP contribution is -2.27. The summed E-state index contributed by atoms with van der Waals surface area (Å²) >= 11 is 0. The van der Waals surface area contributed by atoms with Crippen LogP contribution in [0.1, 0.15) is 21.5 Å². The average Bonchev–Trinajstić information content (AvgIpc) is 2.49. The van der Waals surface area contributed by atoms with E-state index in [2.05, 4.69) is 0 Å². The molecule has 0 fully saturated rings. The molecule has 0 spiro atoms. The minimum absolute atomic E-state index is 0.133. The SMILES string of the molecule is Cc1ccccc1CN(C)S(=O)(=O)c1ccc(C(N)=O)cc1. The number of hydrogen-bond acceptors (Lipinski definition) is 3. The number of primary amides is 1. The van der Waals surface area contributed by atoms with E-state index in [1.807, 2.05) is 31.2 Å². The molecule has 0 saturated carbocycles. The highest BCUT2D eigenvalue weighted by Gasteiger charge is 2.21.